The van der Waals surface area contributed by atoms with Gasteiger partial charge >= 0.3 is 0 Å². The quantitative estimate of drug-likeness (QED) is 0.378. The molecule has 0 heterocycles. The fraction of sp³-hybridized carbons (Fsp3) is 0.0909. The van der Waals surface area contributed by atoms with Gasteiger partial charge in [0.2, 0.25) is 0 Å². The Hall–Kier alpha value is -2.63. The van der Waals surface area contributed by atoms with E-state index >= 15 is 0 Å². The molecule has 0 unspecified atom stereocenters. The molecule has 0 atom stereocenters. The number of carbonyl (C=O) groups excluding carboxylic acids is 1. The molecular formula is C22H18BrClN2O2. The van der Waals surface area contributed by atoms with Gasteiger partial charge in [-0.15, -0.1) is 0 Å². The normalized spacial score (nSPS) is 10.8. The summed E-state index contributed by atoms with van der Waals surface area (Å²) in [6, 6.07) is 20.8. The van der Waals surface area contributed by atoms with Crippen molar-refractivity contribution in [2.24, 2.45) is 5.10 Å². The fourth-order valence-electron chi connectivity index (χ4n) is 2.51. The van der Waals surface area contributed by atoms with Crippen molar-refractivity contribution >= 4 is 39.7 Å². The number of benzene rings is 3. The van der Waals surface area contributed by atoms with Gasteiger partial charge in [0.15, 0.2) is 0 Å². The summed E-state index contributed by atoms with van der Waals surface area (Å²) in [6.45, 7) is 2.35. The summed E-state index contributed by atoms with van der Waals surface area (Å²) in [7, 11) is 0. The van der Waals surface area contributed by atoms with Crippen LogP contribution in [0, 0.1) is 6.92 Å². The maximum absolute atomic E-state index is 12.3. The number of rotatable bonds is 6. The van der Waals surface area contributed by atoms with Crippen LogP contribution in [0.3, 0.4) is 0 Å². The fourth-order valence-corrected chi connectivity index (χ4v) is 3.21. The SMILES string of the molecule is Cc1ccc(C(=O)NN=Cc2cc(Br)ccc2OCc2ccccc2)c(Cl)c1. The molecule has 0 aliphatic carbocycles. The average molecular weight is 458 g/mol. The molecule has 1 amide bonds. The number of hydrogen-bond donors (Lipinski definition) is 1. The largest absolute Gasteiger partial charge is 0.488 e. The molecule has 0 aliphatic heterocycles. The van der Waals surface area contributed by atoms with Crippen LogP contribution in [0.25, 0.3) is 0 Å². The Labute approximate surface area is 177 Å². The zero-order valence-corrected chi connectivity index (χ0v) is 17.5. The summed E-state index contributed by atoms with van der Waals surface area (Å²) >= 11 is 9.57. The molecule has 3 aromatic carbocycles. The Balaban J connectivity index is 1.70. The third kappa shape index (κ3) is 5.44. The highest BCUT2D eigenvalue weighted by molar-refractivity contribution is 9.10. The van der Waals surface area contributed by atoms with Crippen LogP contribution in [0.5, 0.6) is 5.75 Å². The van der Waals surface area contributed by atoms with Gasteiger partial charge in [0.25, 0.3) is 5.91 Å². The van der Waals surface area contributed by atoms with Crippen molar-refractivity contribution in [2.45, 2.75) is 13.5 Å². The van der Waals surface area contributed by atoms with Crippen molar-refractivity contribution in [3.8, 4) is 5.75 Å². The van der Waals surface area contributed by atoms with E-state index in [0.717, 1.165) is 21.2 Å². The molecule has 28 heavy (non-hydrogen) atoms. The molecule has 4 nitrogen and oxygen atoms in total. The third-order valence-electron chi connectivity index (χ3n) is 3.95. The van der Waals surface area contributed by atoms with E-state index < -0.39 is 0 Å². The smallest absolute Gasteiger partial charge is 0.272 e. The molecule has 0 aliphatic rings. The van der Waals surface area contributed by atoms with Crippen molar-refractivity contribution in [3.63, 3.8) is 0 Å². The highest BCUT2D eigenvalue weighted by Crippen LogP contribution is 2.23. The molecule has 0 fully saturated rings. The lowest BCUT2D eigenvalue weighted by Gasteiger charge is -2.10. The van der Waals surface area contributed by atoms with Crippen LogP contribution >= 0.6 is 27.5 Å². The molecule has 0 radical (unpaired) electrons. The third-order valence-corrected chi connectivity index (χ3v) is 4.75. The van der Waals surface area contributed by atoms with Crippen molar-refractivity contribution in [3.05, 3.63) is 98.5 Å². The van der Waals surface area contributed by atoms with E-state index in [0.29, 0.717) is 22.9 Å². The number of amides is 1. The molecule has 0 saturated heterocycles. The van der Waals surface area contributed by atoms with E-state index in [2.05, 4.69) is 26.5 Å². The second-order valence-corrected chi connectivity index (χ2v) is 7.46. The standard InChI is InChI=1S/C22H18BrClN2O2/c1-15-7-9-19(20(24)11-15)22(27)26-25-13-17-12-18(23)8-10-21(17)28-14-16-5-3-2-4-6-16/h2-13H,14H2,1H3,(H,26,27). The first-order valence-corrected chi connectivity index (χ1v) is 9.76. The van der Waals surface area contributed by atoms with E-state index in [4.69, 9.17) is 16.3 Å². The number of hydrogen-bond acceptors (Lipinski definition) is 3. The van der Waals surface area contributed by atoms with E-state index in [9.17, 15) is 4.79 Å². The Morgan fingerprint density at radius 2 is 1.93 bits per heavy atom. The van der Waals surface area contributed by atoms with Crippen molar-refractivity contribution in [1.29, 1.82) is 0 Å². The molecule has 6 heteroatoms. The lowest BCUT2D eigenvalue weighted by Crippen LogP contribution is -2.18. The average Bonchev–Trinajstić information content (AvgIpc) is 2.68. The van der Waals surface area contributed by atoms with Gasteiger partial charge in [-0.2, -0.15) is 5.10 Å². The Morgan fingerprint density at radius 3 is 2.68 bits per heavy atom. The zero-order valence-electron chi connectivity index (χ0n) is 15.2. The van der Waals surface area contributed by atoms with Crippen LogP contribution in [0.4, 0.5) is 0 Å². The minimum absolute atomic E-state index is 0.372. The van der Waals surface area contributed by atoms with Crippen molar-refractivity contribution < 1.29 is 9.53 Å². The zero-order chi connectivity index (χ0) is 19.9. The minimum Gasteiger partial charge on any atom is -0.488 e. The van der Waals surface area contributed by atoms with Gasteiger partial charge in [-0.05, 0) is 48.4 Å². The first kappa shape index (κ1) is 20.1. The van der Waals surface area contributed by atoms with Gasteiger partial charge < -0.3 is 4.74 Å². The summed E-state index contributed by atoms with van der Waals surface area (Å²) in [5, 5.41) is 4.44. The van der Waals surface area contributed by atoms with Gasteiger partial charge in [-0.1, -0.05) is 63.9 Å². The van der Waals surface area contributed by atoms with Gasteiger partial charge in [0.05, 0.1) is 16.8 Å². The summed E-state index contributed by atoms with van der Waals surface area (Å²) in [6.07, 6.45) is 1.55. The number of halogens is 2. The van der Waals surface area contributed by atoms with Gasteiger partial charge in [-0.3, -0.25) is 4.79 Å². The molecule has 1 N–H and O–H groups in total. The molecule has 3 rings (SSSR count). The number of carbonyl (C=O) groups is 1. The molecular weight excluding hydrogens is 440 g/mol. The number of nitrogens with one attached hydrogen (secondary N) is 1. The van der Waals surface area contributed by atoms with Crippen LogP contribution in [0.15, 0.2) is 76.3 Å². The lowest BCUT2D eigenvalue weighted by atomic mass is 10.1. The second-order valence-electron chi connectivity index (χ2n) is 6.14. The van der Waals surface area contributed by atoms with Crippen molar-refractivity contribution in [1.82, 2.24) is 5.43 Å². The van der Waals surface area contributed by atoms with Crippen molar-refractivity contribution in [2.75, 3.05) is 0 Å². The molecule has 0 aromatic heterocycles. The summed E-state index contributed by atoms with van der Waals surface area (Å²) in [5.74, 6) is 0.293. The monoisotopic (exact) mass is 456 g/mol. The highest BCUT2D eigenvalue weighted by atomic mass is 79.9. The van der Waals surface area contributed by atoms with Gasteiger partial charge in [0.1, 0.15) is 12.4 Å². The van der Waals surface area contributed by atoms with Crippen LogP contribution in [-0.2, 0) is 6.61 Å². The highest BCUT2D eigenvalue weighted by Gasteiger charge is 2.09. The van der Waals surface area contributed by atoms with E-state index in [1.165, 1.54) is 0 Å². The van der Waals surface area contributed by atoms with Crippen LogP contribution in [-0.4, -0.2) is 12.1 Å². The number of ether oxygens (including phenoxy) is 1. The molecule has 3 aromatic rings. The summed E-state index contributed by atoms with van der Waals surface area (Å²) in [5.41, 5.74) is 5.67. The lowest BCUT2D eigenvalue weighted by molar-refractivity contribution is 0.0955. The van der Waals surface area contributed by atoms with Crippen LogP contribution in [0.2, 0.25) is 5.02 Å². The predicted molar refractivity (Wildman–Crippen MR) is 116 cm³/mol. The molecule has 0 saturated carbocycles. The maximum Gasteiger partial charge on any atom is 0.272 e. The summed E-state index contributed by atoms with van der Waals surface area (Å²) < 4.78 is 6.79. The topological polar surface area (TPSA) is 50.7 Å². The number of hydrazone groups is 1. The number of nitrogens with zero attached hydrogens (tertiary/aromatic N) is 1. The second kappa shape index (κ2) is 9.53. The molecule has 142 valence electrons. The molecule has 0 spiro atoms. The Bertz CT molecular complexity index is 1010. The van der Waals surface area contributed by atoms with E-state index in [1.54, 1.807) is 18.3 Å². The maximum atomic E-state index is 12.3. The Morgan fingerprint density at radius 1 is 1.14 bits per heavy atom. The first-order chi connectivity index (χ1) is 13.5. The minimum atomic E-state index is -0.372. The van der Waals surface area contributed by atoms with E-state index in [1.807, 2.05) is 61.5 Å². The molecule has 0 bridgehead atoms. The number of aryl methyl sites for hydroxylation is 1. The summed E-state index contributed by atoms with van der Waals surface area (Å²) in [4.78, 5) is 12.3. The Kier molecular flexibility index (Phi) is 6.85. The first-order valence-electron chi connectivity index (χ1n) is 8.59. The van der Waals surface area contributed by atoms with Crippen LogP contribution in [0.1, 0.15) is 27.0 Å². The van der Waals surface area contributed by atoms with E-state index in [-0.39, 0.29) is 5.91 Å². The van der Waals surface area contributed by atoms with Crippen LogP contribution < -0.4 is 10.2 Å². The van der Waals surface area contributed by atoms with Gasteiger partial charge in [0, 0.05) is 10.0 Å². The predicted octanol–water partition coefficient (Wildman–Crippen LogP) is 5.75. The van der Waals surface area contributed by atoms with Gasteiger partial charge in [-0.25, -0.2) is 5.43 Å².